The number of rotatable bonds is 12. The van der Waals surface area contributed by atoms with Crippen LogP contribution in [0.1, 0.15) is 56.1 Å². The average molecular weight is 635 g/mol. The van der Waals surface area contributed by atoms with Gasteiger partial charge >= 0.3 is 0 Å². The summed E-state index contributed by atoms with van der Waals surface area (Å²) in [4.78, 5) is 59.8. The molecule has 1 radical (unpaired) electrons. The monoisotopic (exact) mass is 634 g/mol. The van der Waals surface area contributed by atoms with E-state index in [2.05, 4.69) is 21.9 Å². The molecule has 3 amide bonds. The van der Waals surface area contributed by atoms with Gasteiger partial charge in [0.15, 0.2) is 5.78 Å². The molecule has 1 aliphatic rings. The highest BCUT2D eigenvalue weighted by molar-refractivity contribution is 7.87. The van der Waals surface area contributed by atoms with Gasteiger partial charge in [-0.25, -0.2) is 15.0 Å². The second kappa shape index (κ2) is 14.7. The van der Waals surface area contributed by atoms with Gasteiger partial charge in [-0.3, -0.25) is 19.2 Å². The zero-order valence-corrected chi connectivity index (χ0v) is 25.3. The van der Waals surface area contributed by atoms with Crippen LogP contribution in [-0.4, -0.2) is 66.5 Å². The summed E-state index contributed by atoms with van der Waals surface area (Å²) in [5.41, 5.74) is 13.1. The van der Waals surface area contributed by atoms with E-state index in [-0.39, 0.29) is 29.7 Å². The van der Waals surface area contributed by atoms with Crippen molar-refractivity contribution in [2.45, 2.75) is 50.4 Å². The van der Waals surface area contributed by atoms with Crippen molar-refractivity contribution in [3.63, 3.8) is 0 Å². The molecule has 0 unspecified atom stereocenters. The molecule has 1 aromatic heterocycles. The van der Waals surface area contributed by atoms with Gasteiger partial charge in [0.1, 0.15) is 5.69 Å². The fourth-order valence-electron chi connectivity index (χ4n) is 5.03. The number of pyridine rings is 1. The van der Waals surface area contributed by atoms with Gasteiger partial charge in [-0.05, 0) is 61.9 Å². The van der Waals surface area contributed by atoms with Gasteiger partial charge < -0.3 is 16.8 Å². The summed E-state index contributed by atoms with van der Waals surface area (Å²) in [6.07, 6.45) is 1.22. The molecule has 0 aliphatic carbocycles. The zero-order valence-electron chi connectivity index (χ0n) is 24.5. The van der Waals surface area contributed by atoms with Crippen LogP contribution in [0.2, 0.25) is 0 Å². The molecular weight excluding hydrogens is 598 g/mol. The summed E-state index contributed by atoms with van der Waals surface area (Å²) >= 11 is 0. The Bertz CT molecular complexity index is 1660. The van der Waals surface area contributed by atoms with Gasteiger partial charge in [-0.1, -0.05) is 60.7 Å². The lowest BCUT2D eigenvalue weighted by molar-refractivity contribution is -0.143. The minimum absolute atomic E-state index is 0.0376. The highest BCUT2D eigenvalue weighted by Crippen LogP contribution is 2.21. The fourth-order valence-corrected chi connectivity index (χ4v) is 5.38. The van der Waals surface area contributed by atoms with Gasteiger partial charge in [0.25, 0.3) is 27.9 Å². The topological polar surface area (TPSA) is 221 Å². The number of carbonyl (C=O) groups is 4. The van der Waals surface area contributed by atoms with Crippen LogP contribution < -0.4 is 26.6 Å². The maximum atomic E-state index is 14.1. The van der Waals surface area contributed by atoms with Gasteiger partial charge in [-0.15, -0.1) is 0 Å². The summed E-state index contributed by atoms with van der Waals surface area (Å²) in [7, 11) is -4.19. The molecule has 1 aliphatic heterocycles. The number of nitrogens with zero attached hydrogens (tertiary/aromatic N) is 2. The van der Waals surface area contributed by atoms with E-state index in [1.165, 1.54) is 6.07 Å². The van der Waals surface area contributed by atoms with Crippen molar-refractivity contribution in [3.05, 3.63) is 107 Å². The van der Waals surface area contributed by atoms with Crippen LogP contribution >= 0.6 is 0 Å². The number of Topliss-reactive ketones (excluding diaryl/α,β-unsaturated/α-hetero) is 1. The smallest absolute Gasteiger partial charge is 0.286 e. The molecule has 8 N–H and O–H groups in total. The van der Waals surface area contributed by atoms with Gasteiger partial charge in [0.05, 0.1) is 30.4 Å². The minimum Gasteiger partial charge on any atom is -0.321 e. The normalized spacial score (nSPS) is 16.1. The number of benzene rings is 2. The number of ketones is 1. The summed E-state index contributed by atoms with van der Waals surface area (Å²) in [5.74, 6) is -3.56. The molecular formula is C31H36N7O6S. The molecule has 45 heavy (non-hydrogen) atoms. The zero-order chi connectivity index (χ0) is 32.7. The van der Waals surface area contributed by atoms with Crippen molar-refractivity contribution < 1.29 is 27.6 Å². The lowest BCUT2D eigenvalue weighted by atomic mass is 9.94. The van der Waals surface area contributed by atoms with E-state index >= 15 is 0 Å². The number of hydrogen-bond acceptors (Lipinski definition) is 10. The van der Waals surface area contributed by atoms with E-state index in [0.717, 1.165) is 5.56 Å². The van der Waals surface area contributed by atoms with Crippen molar-refractivity contribution in [2.75, 3.05) is 6.54 Å². The third-order valence-corrected chi connectivity index (χ3v) is 7.90. The second-order valence-corrected chi connectivity index (χ2v) is 12.2. The molecule has 1 saturated heterocycles. The van der Waals surface area contributed by atoms with E-state index in [0.29, 0.717) is 29.8 Å². The van der Waals surface area contributed by atoms with Crippen LogP contribution in [0.15, 0.2) is 66.7 Å². The molecule has 2 aromatic carbocycles. The standard InChI is InChI=1S/C31H36N7O6S/c1-19-23(28(39)24(32)15-20-9-4-2-5-10-20)17-22(18-36-45(34,43)44)37-27(19)31(42)38(30(41)26-13-8-14-35-26)29(40)25(33)16-21-11-6-3-7-12-21/h2-7,9-12,17,24-26,35-36H,1,8,13-16,18,32-33H2,(H2,34,43,44)/t24-,25-,26-/m0/s1. The van der Waals surface area contributed by atoms with Gasteiger partial charge in [0, 0.05) is 5.56 Å². The van der Waals surface area contributed by atoms with E-state index in [1.807, 2.05) is 6.07 Å². The van der Waals surface area contributed by atoms with Crippen molar-refractivity contribution >= 4 is 33.7 Å². The Labute approximate surface area is 261 Å². The Morgan fingerprint density at radius 2 is 1.56 bits per heavy atom. The van der Waals surface area contributed by atoms with Crippen LogP contribution in [0.25, 0.3) is 0 Å². The number of imide groups is 3. The molecule has 3 aromatic rings. The number of hydrogen-bond donors (Lipinski definition) is 5. The Morgan fingerprint density at radius 3 is 2.09 bits per heavy atom. The molecule has 14 heteroatoms. The summed E-state index contributed by atoms with van der Waals surface area (Å²) < 4.78 is 25.3. The largest absolute Gasteiger partial charge is 0.321 e. The van der Waals surface area contributed by atoms with Crippen LogP contribution in [0.3, 0.4) is 0 Å². The second-order valence-electron chi connectivity index (χ2n) is 10.8. The highest BCUT2D eigenvalue weighted by atomic mass is 32.2. The number of aromatic nitrogens is 1. The first kappa shape index (κ1) is 33.7. The Morgan fingerprint density at radius 1 is 0.978 bits per heavy atom. The molecule has 0 spiro atoms. The summed E-state index contributed by atoms with van der Waals surface area (Å²) in [6.45, 7) is 3.90. The maximum Gasteiger partial charge on any atom is 0.286 e. The van der Waals surface area contributed by atoms with E-state index < -0.39 is 64.1 Å². The Balaban J connectivity index is 1.75. The quantitative estimate of drug-likeness (QED) is 0.134. The van der Waals surface area contributed by atoms with Crippen LogP contribution in [0, 0.1) is 6.92 Å². The molecule has 3 atom stereocenters. The Hall–Kier alpha value is -4.18. The SMILES string of the molecule is [CH2]c1c(C(=O)[C@@H](N)Cc2ccccc2)cc(CNS(N)(=O)=O)nc1C(=O)N(C(=O)[C@@H]1CCCN1)C(=O)[C@@H](N)Cc1ccccc1. The first-order valence-electron chi connectivity index (χ1n) is 14.3. The van der Waals surface area contributed by atoms with Crippen LogP contribution in [-0.2, 0) is 39.2 Å². The highest BCUT2D eigenvalue weighted by Gasteiger charge is 2.39. The van der Waals surface area contributed by atoms with Gasteiger partial charge in [-0.2, -0.15) is 13.1 Å². The summed E-state index contributed by atoms with van der Waals surface area (Å²) in [6, 6.07) is 15.9. The van der Waals surface area contributed by atoms with Crippen molar-refractivity contribution in [2.24, 2.45) is 16.6 Å². The molecule has 2 heterocycles. The lowest BCUT2D eigenvalue weighted by Gasteiger charge is -2.26. The summed E-state index contributed by atoms with van der Waals surface area (Å²) in [5, 5.41) is 8.07. The van der Waals surface area contributed by atoms with Crippen LogP contribution in [0.5, 0.6) is 0 Å². The molecule has 0 saturated carbocycles. The lowest BCUT2D eigenvalue weighted by Crippen LogP contribution is -2.55. The molecule has 13 nitrogen and oxygen atoms in total. The molecule has 1 fully saturated rings. The third-order valence-electron chi connectivity index (χ3n) is 7.35. The minimum atomic E-state index is -4.19. The fraction of sp³-hybridized carbons (Fsp3) is 0.290. The number of nitrogens with one attached hydrogen (secondary N) is 2. The third kappa shape index (κ3) is 8.72. The molecule has 237 valence electrons. The predicted molar refractivity (Wildman–Crippen MR) is 166 cm³/mol. The predicted octanol–water partition coefficient (Wildman–Crippen LogP) is 0.127. The van der Waals surface area contributed by atoms with Crippen molar-refractivity contribution in [3.8, 4) is 0 Å². The van der Waals surface area contributed by atoms with E-state index in [9.17, 15) is 27.6 Å². The first-order chi connectivity index (χ1) is 21.4. The van der Waals surface area contributed by atoms with Gasteiger partial charge in [0.2, 0.25) is 0 Å². The number of carbonyl (C=O) groups excluding carboxylic acids is 4. The number of nitrogens with two attached hydrogens (primary N) is 3. The van der Waals surface area contributed by atoms with Crippen molar-refractivity contribution in [1.82, 2.24) is 19.9 Å². The van der Waals surface area contributed by atoms with Crippen molar-refractivity contribution in [1.29, 1.82) is 0 Å². The van der Waals surface area contributed by atoms with Crippen LogP contribution in [0.4, 0.5) is 0 Å². The van der Waals surface area contributed by atoms with E-state index in [1.54, 1.807) is 54.6 Å². The number of amides is 3. The van der Waals surface area contributed by atoms with E-state index in [4.69, 9.17) is 16.6 Å². The molecule has 0 bridgehead atoms. The maximum absolute atomic E-state index is 14.1. The molecule has 4 rings (SSSR count). The Kier molecular flexibility index (Phi) is 11.0. The average Bonchev–Trinajstić information content (AvgIpc) is 3.56. The first-order valence-corrected chi connectivity index (χ1v) is 15.8.